The van der Waals surface area contributed by atoms with Crippen molar-refractivity contribution in [3.63, 3.8) is 0 Å². The van der Waals surface area contributed by atoms with Crippen LogP contribution in [0, 0.1) is 17.1 Å². The second-order valence-electron chi connectivity index (χ2n) is 4.17. The summed E-state index contributed by atoms with van der Waals surface area (Å²) in [6, 6.07) is 10.6. The molecule has 0 saturated carbocycles. The molecular weight excluding hydrogens is 343 g/mol. The van der Waals surface area contributed by atoms with Crippen LogP contribution < -0.4 is 5.32 Å². The molecule has 1 heterocycles. The Kier molecular flexibility index (Phi) is 5.26. The molecule has 0 aliphatic carbocycles. The van der Waals surface area contributed by atoms with Crippen molar-refractivity contribution in [2.75, 3.05) is 6.54 Å². The summed E-state index contributed by atoms with van der Waals surface area (Å²) in [7, 11) is 0. The Morgan fingerprint density at radius 3 is 2.85 bits per heavy atom. The molecule has 0 amide bonds. The molecule has 1 aromatic carbocycles. The molecule has 0 aliphatic rings. The SMILES string of the molecule is N#Cc1sc(CNCC(O)c2ccccc2Br)cc1F. The maximum atomic E-state index is 13.2. The van der Waals surface area contributed by atoms with E-state index in [2.05, 4.69) is 21.2 Å². The van der Waals surface area contributed by atoms with Crippen molar-refractivity contribution in [1.82, 2.24) is 5.32 Å². The number of nitrogens with zero attached hydrogens (tertiary/aromatic N) is 1. The minimum atomic E-state index is -0.647. The van der Waals surface area contributed by atoms with Crippen LogP contribution in [0.25, 0.3) is 0 Å². The predicted molar refractivity (Wildman–Crippen MR) is 79.8 cm³/mol. The number of aliphatic hydroxyl groups excluding tert-OH is 1. The molecule has 104 valence electrons. The van der Waals surface area contributed by atoms with Gasteiger partial charge in [0.2, 0.25) is 0 Å². The van der Waals surface area contributed by atoms with E-state index in [-0.39, 0.29) is 4.88 Å². The standard InChI is InChI=1S/C14H12BrFN2OS/c15-11-4-2-1-3-10(11)13(19)8-18-7-9-5-12(16)14(6-17)20-9/h1-5,13,18-19H,7-8H2. The van der Waals surface area contributed by atoms with Gasteiger partial charge in [0.25, 0.3) is 0 Å². The van der Waals surface area contributed by atoms with E-state index in [0.717, 1.165) is 26.3 Å². The molecule has 2 aromatic rings. The number of hydrogen-bond donors (Lipinski definition) is 2. The molecule has 20 heavy (non-hydrogen) atoms. The number of rotatable bonds is 5. The summed E-state index contributed by atoms with van der Waals surface area (Å²) in [5.41, 5.74) is 0.801. The van der Waals surface area contributed by atoms with Crippen LogP contribution in [-0.4, -0.2) is 11.7 Å². The van der Waals surface area contributed by atoms with Gasteiger partial charge in [-0.1, -0.05) is 34.1 Å². The first-order valence-electron chi connectivity index (χ1n) is 5.93. The second kappa shape index (κ2) is 6.95. The molecule has 1 aromatic heterocycles. The maximum Gasteiger partial charge on any atom is 0.152 e. The number of nitriles is 1. The van der Waals surface area contributed by atoms with Crippen LogP contribution in [0.3, 0.4) is 0 Å². The minimum absolute atomic E-state index is 0.0909. The molecule has 0 radical (unpaired) electrons. The summed E-state index contributed by atoms with van der Waals surface area (Å²) in [5.74, 6) is -0.486. The number of hydrogen-bond acceptors (Lipinski definition) is 4. The highest BCUT2D eigenvalue weighted by Gasteiger charge is 2.11. The fourth-order valence-electron chi connectivity index (χ4n) is 1.77. The molecule has 3 nitrogen and oxygen atoms in total. The minimum Gasteiger partial charge on any atom is -0.387 e. The first-order valence-corrected chi connectivity index (χ1v) is 7.54. The number of thiophene rings is 1. The summed E-state index contributed by atoms with van der Waals surface area (Å²) in [6.45, 7) is 0.773. The van der Waals surface area contributed by atoms with Crippen molar-refractivity contribution in [2.45, 2.75) is 12.6 Å². The molecule has 2 rings (SSSR count). The van der Waals surface area contributed by atoms with Gasteiger partial charge in [-0.05, 0) is 17.7 Å². The molecule has 0 saturated heterocycles. The number of aliphatic hydroxyl groups is 1. The fourth-order valence-corrected chi connectivity index (χ4v) is 3.12. The Hall–Kier alpha value is -1.26. The molecule has 0 bridgehead atoms. The van der Waals surface area contributed by atoms with E-state index in [9.17, 15) is 9.50 Å². The fraction of sp³-hybridized carbons (Fsp3) is 0.214. The quantitative estimate of drug-likeness (QED) is 0.865. The summed E-state index contributed by atoms with van der Waals surface area (Å²) < 4.78 is 14.1. The summed E-state index contributed by atoms with van der Waals surface area (Å²) >= 11 is 4.51. The van der Waals surface area contributed by atoms with Crippen molar-refractivity contribution in [3.8, 4) is 6.07 Å². The van der Waals surface area contributed by atoms with Crippen LogP contribution in [0.4, 0.5) is 4.39 Å². The number of halogens is 2. The van der Waals surface area contributed by atoms with Gasteiger partial charge in [0.1, 0.15) is 10.9 Å². The lowest BCUT2D eigenvalue weighted by Crippen LogP contribution is -2.20. The van der Waals surface area contributed by atoms with Gasteiger partial charge < -0.3 is 10.4 Å². The smallest absolute Gasteiger partial charge is 0.152 e. The van der Waals surface area contributed by atoms with Crippen LogP contribution in [0.1, 0.15) is 21.4 Å². The molecule has 0 fully saturated rings. The van der Waals surface area contributed by atoms with E-state index in [4.69, 9.17) is 5.26 Å². The molecule has 1 unspecified atom stereocenters. The first-order chi connectivity index (χ1) is 9.61. The van der Waals surface area contributed by atoms with Crippen molar-refractivity contribution < 1.29 is 9.50 Å². The largest absolute Gasteiger partial charge is 0.387 e. The van der Waals surface area contributed by atoms with Gasteiger partial charge in [-0.25, -0.2) is 4.39 Å². The average Bonchev–Trinajstić information content (AvgIpc) is 2.79. The van der Waals surface area contributed by atoms with Crippen molar-refractivity contribution >= 4 is 27.3 Å². The van der Waals surface area contributed by atoms with E-state index in [1.54, 1.807) is 0 Å². The molecule has 6 heteroatoms. The number of nitrogens with one attached hydrogen (secondary N) is 1. The van der Waals surface area contributed by atoms with Gasteiger partial charge in [0.15, 0.2) is 5.82 Å². The van der Waals surface area contributed by atoms with Gasteiger partial charge in [-0.3, -0.25) is 0 Å². The lowest BCUT2D eigenvalue weighted by molar-refractivity contribution is 0.173. The second-order valence-corrected chi connectivity index (χ2v) is 6.16. The Bertz CT molecular complexity index is 638. The third-order valence-corrected chi connectivity index (χ3v) is 4.48. The van der Waals surface area contributed by atoms with Crippen molar-refractivity contribution in [2.24, 2.45) is 0 Å². The zero-order valence-electron chi connectivity index (χ0n) is 10.4. The van der Waals surface area contributed by atoms with E-state index in [1.165, 1.54) is 6.07 Å². The highest BCUT2D eigenvalue weighted by molar-refractivity contribution is 9.10. The van der Waals surface area contributed by atoms with E-state index in [0.29, 0.717) is 13.1 Å². The van der Waals surface area contributed by atoms with Crippen molar-refractivity contribution in [1.29, 1.82) is 5.26 Å². The Balaban J connectivity index is 1.90. The Morgan fingerprint density at radius 2 is 2.20 bits per heavy atom. The summed E-state index contributed by atoms with van der Waals surface area (Å²) in [5, 5.41) is 21.8. The van der Waals surface area contributed by atoms with Gasteiger partial charge in [-0.2, -0.15) is 5.26 Å². The third kappa shape index (κ3) is 3.64. The Morgan fingerprint density at radius 1 is 1.45 bits per heavy atom. The summed E-state index contributed by atoms with van der Waals surface area (Å²) in [4.78, 5) is 0.825. The highest BCUT2D eigenvalue weighted by atomic mass is 79.9. The van der Waals surface area contributed by atoms with Crippen LogP contribution in [0.15, 0.2) is 34.8 Å². The molecular formula is C14H12BrFN2OS. The van der Waals surface area contributed by atoms with E-state index >= 15 is 0 Å². The van der Waals surface area contributed by atoms with Gasteiger partial charge in [0, 0.05) is 22.4 Å². The van der Waals surface area contributed by atoms with Crippen LogP contribution >= 0.6 is 27.3 Å². The molecule has 1 atom stereocenters. The lowest BCUT2D eigenvalue weighted by atomic mass is 10.1. The van der Waals surface area contributed by atoms with Crippen molar-refractivity contribution in [3.05, 3.63) is 55.9 Å². The molecule has 2 N–H and O–H groups in total. The molecule has 0 aliphatic heterocycles. The monoisotopic (exact) mass is 354 g/mol. The van der Waals surface area contributed by atoms with E-state index < -0.39 is 11.9 Å². The lowest BCUT2D eigenvalue weighted by Gasteiger charge is -2.13. The average molecular weight is 355 g/mol. The zero-order chi connectivity index (χ0) is 14.5. The maximum absolute atomic E-state index is 13.2. The number of benzene rings is 1. The van der Waals surface area contributed by atoms with Crippen LogP contribution in [0.2, 0.25) is 0 Å². The van der Waals surface area contributed by atoms with Crippen LogP contribution in [-0.2, 0) is 6.54 Å². The first kappa shape index (κ1) is 15.1. The highest BCUT2D eigenvalue weighted by Crippen LogP contribution is 2.23. The molecule has 0 spiro atoms. The normalized spacial score (nSPS) is 12.1. The predicted octanol–water partition coefficient (Wildman–Crippen LogP) is 3.34. The summed E-state index contributed by atoms with van der Waals surface area (Å²) in [6.07, 6.45) is -0.647. The van der Waals surface area contributed by atoms with Crippen LogP contribution in [0.5, 0.6) is 0 Å². The van der Waals surface area contributed by atoms with Gasteiger partial charge >= 0.3 is 0 Å². The van der Waals surface area contributed by atoms with Gasteiger partial charge in [0.05, 0.1) is 6.10 Å². The van der Waals surface area contributed by atoms with E-state index in [1.807, 2.05) is 30.3 Å². The Labute approximate surface area is 128 Å². The van der Waals surface area contributed by atoms with Gasteiger partial charge in [-0.15, -0.1) is 11.3 Å². The zero-order valence-corrected chi connectivity index (χ0v) is 12.8. The topological polar surface area (TPSA) is 56.0 Å². The third-order valence-electron chi connectivity index (χ3n) is 2.74.